The minimum absolute atomic E-state index is 0.619. The third kappa shape index (κ3) is 15.3. The van der Waals surface area contributed by atoms with Crippen LogP contribution in [0.3, 0.4) is 0 Å². The molecule has 0 aliphatic carbocycles. The summed E-state index contributed by atoms with van der Waals surface area (Å²) >= 11 is 0. The number of fused-ring (bicyclic) bond motifs is 12. The Balaban J connectivity index is 0.000000161. The Hall–Kier alpha value is -17.9. The second kappa shape index (κ2) is 35.5. The molecule has 0 radical (unpaired) electrons. The molecule has 27 aromatic rings. The lowest BCUT2D eigenvalue weighted by molar-refractivity contribution is 1.61. The molecule has 0 aliphatic rings. The summed E-state index contributed by atoms with van der Waals surface area (Å²) in [5, 5.41) is -18.6. The van der Waals surface area contributed by atoms with Crippen LogP contribution in [0, 0.1) is 0 Å². The lowest BCUT2D eigenvalue weighted by atomic mass is 9.84. The van der Waals surface area contributed by atoms with Crippen LogP contribution in [-0.4, -0.2) is 0 Å². The van der Waals surface area contributed by atoms with E-state index in [1.165, 1.54) is 0 Å². The maximum absolute atomic E-state index is 10.2. The van der Waals surface area contributed by atoms with Gasteiger partial charge < -0.3 is 0 Å². The highest BCUT2D eigenvalue weighted by molar-refractivity contribution is 6.26. The van der Waals surface area contributed by atoms with E-state index in [1.54, 1.807) is 0 Å². The van der Waals surface area contributed by atoms with Gasteiger partial charge in [0.25, 0.3) is 0 Å². The fraction of sp³-hybridized carbons (Fsp3) is 0. The van der Waals surface area contributed by atoms with Gasteiger partial charge in [-0.3, -0.25) is 0 Å². The van der Waals surface area contributed by atoms with Crippen LogP contribution in [-0.2, 0) is 0 Å². The first-order chi connectivity index (χ1) is 106. The Morgan fingerprint density at radius 2 is 0.268 bits per heavy atom. The van der Waals surface area contributed by atoms with E-state index in [0.717, 1.165) is 0 Å². The number of hydrogen-bond donors (Lipinski definition) is 0. The lowest BCUT2D eigenvalue weighted by Gasteiger charge is -2.20. The fourth-order valence-electron chi connectivity index (χ4n) is 15.5. The first-order valence-corrected chi connectivity index (χ1v) is 40.5. The largest absolute Gasteiger partial charge is 0.0636 e. The molecular weight excluding hydrogens is 1660 g/mol. The van der Waals surface area contributed by atoms with Gasteiger partial charge in [-0.1, -0.05) is 477 Å². The summed E-state index contributed by atoms with van der Waals surface area (Å²) in [5.41, 5.74) is -21.6. The highest BCUT2D eigenvalue weighted by atomic mass is 14.3. The van der Waals surface area contributed by atoms with Gasteiger partial charge in [-0.15, -0.1) is 0 Å². The molecule has 0 unspecified atom stereocenters. The van der Waals surface area contributed by atoms with E-state index in [9.17, 15) is 45.2 Å². The molecule has 0 fully saturated rings. The SMILES string of the molecule is [2H]c1c([2H])c([2H])c(-c2c([2H])c([2H])c([2H])c(-c3c4c([2H])c([2H])c([2H])c([2H])c4c(-c4c([2H])c([2H])c5c([2H])c([2H])c([2H])c([2H])c5c4[2H])c4c([2H])c(-c5c([2H])c([2H])c6c([2H])c([2H])c([2H])c([2H])c6c5[2H])c([2H])c([2H])c34)c2[2H])c([2H])c1[2H].[2H]c1c([2H])c([2H])c(-c2c([2H])c([2H])c([2H])c(-c3c4c([2H])c([2H])c([2H])c([2H])c4c(-c4c([2H])c([2H])c5c([2H])c([2H])c([2H])c([2H])c5c4[2H])c4c([2H])c([2H])c(-c5c([2H])c([2H])c([2H])c6c([2H])c([2H])c([2H])c([2H])c56)c([2H])c34)c2[2H])c([2H])c1[2H].[2H]c1c([2H])c([2H])c(-c2c([2H])c([2H])c([2H])c(-c3c4c([2H])c([2H])c([2H])c([2H])c4c(-c4c([2H])c([2H])c5c([2H])c([2H])c([2H])c([2H])c5c4[2H])c4c([2H])c([2H])c(-c5c([2H])c([2H])c6c([2H])c([2H])c([2H])c([2H])c6c5[2H])c([2H])c34)c2[2H])c([2H])c1[2H]. The standard InChI is InChI=1S/3C46H30/c1-2-11-31(12-3-1)36-17-10-18-39(28-36)46-42-20-9-8-19-41(42)45(40-24-22-33-14-5-7-16-35(33)29-40)43-26-25-38(30-44(43)46)37-23-21-32-13-4-6-15-34(32)27-37;1-2-11-31(12-3-1)36-17-10-18-39(28-36)45-41-19-8-9-20-42(41)46(40-24-22-33-14-5-7-16-35(33)29-40)44-30-38(25-26-43(44)45)37-23-21-32-13-4-6-15-34(32)27-37;1-2-12-31(13-3-1)35-18-10-19-37(28-35)46-42-22-9-8-21-41(42)45(38-25-24-32-14-4-5-16-34(32)29-38)43-27-26-36(30-44(43)46)40-23-11-17-33-15-6-7-20-39(33)40/h3*1-30H/i3*1D,2D,3D,4D,5D,6D,7D,8D,9D,10D,11D,12D,13D,14D,15D,16D,17D,18D,19D,20D,21D,22D,23D,24D,25D,26D,27D,28D,29D,30D. The number of hydrogen-bond acceptors (Lipinski definition) is 0. The Morgan fingerprint density at radius 3 is 0.587 bits per heavy atom. The topological polar surface area (TPSA) is 0 Å². The second-order valence-electron chi connectivity index (χ2n) is 29.2. The lowest BCUT2D eigenvalue weighted by Crippen LogP contribution is -1.92. The van der Waals surface area contributed by atoms with Crippen molar-refractivity contribution in [2.45, 2.75) is 0 Å². The van der Waals surface area contributed by atoms with E-state index >= 15 is 0 Å². The van der Waals surface area contributed by atoms with Gasteiger partial charge in [0.1, 0.15) is 0 Å². The molecule has 0 amide bonds. The molecule has 642 valence electrons. The van der Waals surface area contributed by atoms with Gasteiger partial charge in [0, 0.05) is 0 Å². The van der Waals surface area contributed by atoms with Crippen molar-refractivity contribution < 1.29 is 123 Å². The Labute approximate surface area is 929 Å². The zero-order chi connectivity index (χ0) is 170. The average Bonchev–Trinajstić information content (AvgIpc) is 0.680. The normalized spacial score (nSPS) is 20.6. The maximum atomic E-state index is 10.2. The minimum atomic E-state index is -1.18. The molecule has 0 heterocycles. The van der Waals surface area contributed by atoms with E-state index in [-0.39, 0.29) is 0 Å². The molecule has 0 saturated heterocycles. The fourth-order valence-corrected chi connectivity index (χ4v) is 15.5. The Bertz CT molecular complexity index is 15300. The zero-order valence-electron chi connectivity index (χ0n) is 159. The van der Waals surface area contributed by atoms with Crippen LogP contribution >= 0.6 is 0 Å². The summed E-state index contributed by atoms with van der Waals surface area (Å²) in [4.78, 5) is 0. The van der Waals surface area contributed by atoms with Gasteiger partial charge >= 0.3 is 0 Å². The van der Waals surface area contributed by atoms with Crippen LogP contribution in [0.2, 0.25) is 0 Å². The molecule has 0 heteroatoms. The Morgan fingerprint density at radius 1 is 0.0870 bits per heavy atom. The molecule has 27 rings (SSSR count). The van der Waals surface area contributed by atoms with Crippen molar-refractivity contribution in [1.82, 2.24) is 0 Å². The van der Waals surface area contributed by atoms with Crippen LogP contribution in [0.25, 0.3) is 263 Å². The molecule has 0 aliphatic heterocycles. The van der Waals surface area contributed by atoms with Crippen molar-refractivity contribution in [3.63, 3.8) is 0 Å². The molecule has 0 aromatic heterocycles. The molecule has 0 spiro atoms. The molecule has 27 aromatic carbocycles. The molecule has 0 bridgehead atoms. The summed E-state index contributed by atoms with van der Waals surface area (Å²) in [6.07, 6.45) is 0. The van der Waals surface area contributed by atoms with E-state index in [4.69, 9.17) is 78.1 Å². The van der Waals surface area contributed by atoms with Crippen LogP contribution in [0.4, 0.5) is 0 Å². The highest BCUT2D eigenvalue weighted by Gasteiger charge is 2.24. The zero-order valence-corrected chi connectivity index (χ0v) is 69.0. The number of benzene rings is 27. The van der Waals surface area contributed by atoms with Crippen LogP contribution in [0.5, 0.6) is 0 Å². The predicted octanol–water partition coefficient (Wildman–Crippen LogP) is 38.9. The summed E-state index contributed by atoms with van der Waals surface area (Å²) in [6, 6.07) is -90.8. The molecule has 0 atom stereocenters. The van der Waals surface area contributed by atoms with Gasteiger partial charge in [0.05, 0.1) is 123 Å². The summed E-state index contributed by atoms with van der Waals surface area (Å²) in [6.45, 7) is 0. The minimum Gasteiger partial charge on any atom is -0.0622 e. The molecule has 0 nitrogen and oxygen atoms in total. The van der Waals surface area contributed by atoms with E-state index in [1.807, 2.05) is 0 Å². The van der Waals surface area contributed by atoms with Crippen molar-refractivity contribution in [2.24, 2.45) is 0 Å². The van der Waals surface area contributed by atoms with Crippen LogP contribution in [0.1, 0.15) is 123 Å². The van der Waals surface area contributed by atoms with Gasteiger partial charge in [-0.25, -0.2) is 0 Å². The molecule has 0 saturated carbocycles. The van der Waals surface area contributed by atoms with Gasteiger partial charge in [0.2, 0.25) is 0 Å². The van der Waals surface area contributed by atoms with Gasteiger partial charge in [-0.05, 0) is 329 Å². The first kappa shape index (κ1) is 31.1. The second-order valence-corrected chi connectivity index (χ2v) is 29.2. The van der Waals surface area contributed by atoms with Crippen LogP contribution in [0.15, 0.2) is 544 Å². The average molecular weight is 1840 g/mol. The third-order valence-corrected chi connectivity index (χ3v) is 21.4. The molecular formula is C138H90. The maximum Gasteiger partial charge on any atom is 0.0636 e. The highest BCUT2D eigenvalue weighted by Crippen LogP contribution is 2.52. The van der Waals surface area contributed by atoms with E-state index in [0.29, 0.717) is 0 Å². The quantitative estimate of drug-likeness (QED) is 0.107. The van der Waals surface area contributed by atoms with Crippen molar-refractivity contribution >= 4 is 129 Å². The van der Waals surface area contributed by atoms with Crippen LogP contribution < -0.4 is 0 Å². The van der Waals surface area contributed by atoms with Crippen molar-refractivity contribution in [3.8, 4) is 134 Å². The van der Waals surface area contributed by atoms with Crippen molar-refractivity contribution in [3.05, 3.63) is 544 Å². The predicted molar refractivity (Wildman–Crippen MR) is 595 cm³/mol. The summed E-state index contributed by atoms with van der Waals surface area (Å²) in [5.74, 6) is 0. The molecule has 138 heavy (non-hydrogen) atoms. The monoisotopic (exact) mass is 1840 g/mol. The summed E-state index contributed by atoms with van der Waals surface area (Å²) in [7, 11) is 0. The van der Waals surface area contributed by atoms with E-state index < -0.39 is 807 Å². The van der Waals surface area contributed by atoms with E-state index in [2.05, 4.69) is 0 Å². The van der Waals surface area contributed by atoms with Crippen molar-refractivity contribution in [2.75, 3.05) is 0 Å². The summed E-state index contributed by atoms with van der Waals surface area (Å²) < 4.78 is 811. The Kier molecular flexibility index (Phi) is 8.00. The van der Waals surface area contributed by atoms with Crippen molar-refractivity contribution in [1.29, 1.82) is 0 Å². The smallest absolute Gasteiger partial charge is 0.0622 e. The number of rotatable bonds is 12. The van der Waals surface area contributed by atoms with Gasteiger partial charge in [0.15, 0.2) is 0 Å². The van der Waals surface area contributed by atoms with Gasteiger partial charge in [-0.2, -0.15) is 0 Å². The molecule has 0 N–H and O–H groups in total. The third-order valence-electron chi connectivity index (χ3n) is 21.4. The first-order valence-electron chi connectivity index (χ1n) is 85.5.